The lowest BCUT2D eigenvalue weighted by Crippen LogP contribution is -2.38. The van der Waals surface area contributed by atoms with Gasteiger partial charge in [-0.25, -0.2) is 4.98 Å². The number of hydrogen-bond acceptors (Lipinski definition) is 4. The van der Waals surface area contributed by atoms with Crippen LogP contribution in [-0.2, 0) is 11.3 Å². The quantitative estimate of drug-likeness (QED) is 0.645. The number of methoxy groups -OCH3 is 1. The van der Waals surface area contributed by atoms with Crippen LogP contribution in [0.3, 0.4) is 0 Å². The summed E-state index contributed by atoms with van der Waals surface area (Å²) < 4.78 is 11.5. The maximum atomic E-state index is 5.97. The molecule has 0 spiro atoms. The molecule has 4 rings (SSSR count). The van der Waals surface area contributed by atoms with Crippen molar-refractivity contribution in [1.82, 2.24) is 9.88 Å². The Kier molecular flexibility index (Phi) is 5.37. The molecule has 0 radical (unpaired) electrons. The number of piperidine rings is 1. The summed E-state index contributed by atoms with van der Waals surface area (Å²) in [4.78, 5) is 7.19. The van der Waals surface area contributed by atoms with Crippen molar-refractivity contribution in [1.29, 1.82) is 0 Å². The van der Waals surface area contributed by atoms with Gasteiger partial charge in [0.1, 0.15) is 5.76 Å². The van der Waals surface area contributed by atoms with Crippen LogP contribution in [0.25, 0.3) is 22.6 Å². The molecule has 0 aliphatic carbocycles. The zero-order valence-corrected chi connectivity index (χ0v) is 16.0. The van der Waals surface area contributed by atoms with Crippen LogP contribution >= 0.6 is 0 Å². The van der Waals surface area contributed by atoms with Gasteiger partial charge in [-0.15, -0.1) is 0 Å². The number of aryl methyl sites for hydroxylation is 1. The largest absolute Gasteiger partial charge is 0.441 e. The third-order valence-corrected chi connectivity index (χ3v) is 5.30. The van der Waals surface area contributed by atoms with Crippen LogP contribution in [0.4, 0.5) is 0 Å². The van der Waals surface area contributed by atoms with E-state index in [2.05, 4.69) is 53.4 Å². The van der Waals surface area contributed by atoms with Crippen molar-refractivity contribution in [2.45, 2.75) is 32.4 Å². The molecule has 2 heterocycles. The summed E-state index contributed by atoms with van der Waals surface area (Å²) >= 11 is 0. The second-order valence-electron chi connectivity index (χ2n) is 7.20. The van der Waals surface area contributed by atoms with Gasteiger partial charge >= 0.3 is 0 Å². The number of hydrogen-bond donors (Lipinski definition) is 0. The molecule has 4 heteroatoms. The number of rotatable bonds is 5. The zero-order valence-electron chi connectivity index (χ0n) is 16.0. The van der Waals surface area contributed by atoms with Crippen molar-refractivity contribution in [3.05, 3.63) is 66.1 Å². The van der Waals surface area contributed by atoms with Crippen molar-refractivity contribution in [3.63, 3.8) is 0 Å². The first-order valence-corrected chi connectivity index (χ1v) is 9.60. The van der Waals surface area contributed by atoms with E-state index in [1.165, 1.54) is 17.5 Å². The third-order valence-electron chi connectivity index (χ3n) is 5.30. The molecule has 1 saturated heterocycles. The maximum Gasteiger partial charge on any atom is 0.226 e. The van der Waals surface area contributed by atoms with Gasteiger partial charge in [0.05, 0.1) is 11.8 Å². The van der Waals surface area contributed by atoms with Crippen molar-refractivity contribution in [2.24, 2.45) is 0 Å². The van der Waals surface area contributed by atoms with Crippen LogP contribution in [0.2, 0.25) is 0 Å². The molecule has 0 bridgehead atoms. The molecular weight excluding hydrogens is 336 g/mol. The summed E-state index contributed by atoms with van der Waals surface area (Å²) in [5.74, 6) is 1.60. The van der Waals surface area contributed by atoms with Crippen molar-refractivity contribution < 1.29 is 9.15 Å². The lowest BCUT2D eigenvalue weighted by atomic mass is 10.0. The van der Waals surface area contributed by atoms with Crippen LogP contribution < -0.4 is 0 Å². The molecule has 0 saturated carbocycles. The normalized spacial score (nSPS) is 17.9. The number of likely N-dealkylation sites (tertiary alicyclic amines) is 1. The van der Waals surface area contributed by atoms with Gasteiger partial charge in [0.15, 0.2) is 0 Å². The topological polar surface area (TPSA) is 38.5 Å². The Bertz CT molecular complexity index is 871. The molecule has 4 nitrogen and oxygen atoms in total. The number of aromatic nitrogens is 1. The van der Waals surface area contributed by atoms with Gasteiger partial charge in [-0.05, 0) is 49.6 Å². The number of benzene rings is 2. The van der Waals surface area contributed by atoms with Gasteiger partial charge in [-0.2, -0.15) is 0 Å². The Morgan fingerprint density at radius 2 is 1.74 bits per heavy atom. The first-order valence-electron chi connectivity index (χ1n) is 9.60. The minimum Gasteiger partial charge on any atom is -0.441 e. The van der Waals surface area contributed by atoms with E-state index >= 15 is 0 Å². The molecule has 1 fully saturated rings. The van der Waals surface area contributed by atoms with E-state index in [0.717, 1.165) is 43.1 Å². The Labute approximate surface area is 160 Å². The summed E-state index contributed by atoms with van der Waals surface area (Å²) in [5.41, 5.74) is 4.44. The van der Waals surface area contributed by atoms with E-state index < -0.39 is 0 Å². The van der Waals surface area contributed by atoms with E-state index in [0.29, 0.717) is 12.0 Å². The summed E-state index contributed by atoms with van der Waals surface area (Å²) in [7, 11) is 1.80. The molecular formula is C23H26N2O2. The minimum absolute atomic E-state index is 0.330. The maximum absolute atomic E-state index is 5.97. The van der Waals surface area contributed by atoms with E-state index in [-0.39, 0.29) is 0 Å². The fourth-order valence-corrected chi connectivity index (χ4v) is 3.69. The van der Waals surface area contributed by atoms with E-state index in [4.69, 9.17) is 14.1 Å². The number of nitrogens with zero attached hydrogens (tertiary/aromatic N) is 2. The van der Waals surface area contributed by atoms with Gasteiger partial charge in [0.25, 0.3) is 0 Å². The van der Waals surface area contributed by atoms with E-state index in [1.54, 1.807) is 7.11 Å². The molecule has 1 aliphatic rings. The monoisotopic (exact) mass is 362 g/mol. The van der Waals surface area contributed by atoms with Gasteiger partial charge in [-0.3, -0.25) is 4.90 Å². The summed E-state index contributed by atoms with van der Waals surface area (Å²) in [6, 6.07) is 18.8. The highest BCUT2D eigenvalue weighted by Gasteiger charge is 2.22. The third kappa shape index (κ3) is 4.12. The van der Waals surface area contributed by atoms with Gasteiger partial charge in [0.2, 0.25) is 5.89 Å². The standard InChI is InChI=1S/C23H26N2O2/c1-17-22(16-25-14-6-9-21(15-25)26-2)24-23(27-17)20-12-10-19(11-13-20)18-7-4-3-5-8-18/h3-5,7-8,10-13,21H,6,9,14-16H2,1-2H3. The second kappa shape index (κ2) is 8.07. The Morgan fingerprint density at radius 1 is 1.04 bits per heavy atom. The molecule has 140 valence electrons. The zero-order chi connectivity index (χ0) is 18.6. The first kappa shape index (κ1) is 18.0. The highest BCUT2D eigenvalue weighted by atomic mass is 16.5. The number of ether oxygens (including phenoxy) is 1. The number of oxazole rings is 1. The average Bonchev–Trinajstić information content (AvgIpc) is 3.09. The highest BCUT2D eigenvalue weighted by molar-refractivity contribution is 5.67. The van der Waals surface area contributed by atoms with Crippen molar-refractivity contribution in [3.8, 4) is 22.6 Å². The molecule has 0 amide bonds. The van der Waals surface area contributed by atoms with Gasteiger partial charge in [0, 0.05) is 25.8 Å². The second-order valence-corrected chi connectivity index (χ2v) is 7.20. The fraction of sp³-hybridized carbons (Fsp3) is 0.348. The fourth-order valence-electron chi connectivity index (χ4n) is 3.69. The van der Waals surface area contributed by atoms with Crippen LogP contribution in [0.5, 0.6) is 0 Å². The minimum atomic E-state index is 0.330. The van der Waals surface area contributed by atoms with Crippen LogP contribution in [0.1, 0.15) is 24.3 Å². The summed E-state index contributed by atoms with van der Waals surface area (Å²) in [5, 5.41) is 0. The van der Waals surface area contributed by atoms with Gasteiger partial charge in [-0.1, -0.05) is 42.5 Å². The van der Waals surface area contributed by atoms with Crippen LogP contribution in [-0.4, -0.2) is 36.2 Å². The predicted octanol–water partition coefficient (Wildman–Crippen LogP) is 4.93. The molecule has 2 aromatic carbocycles. The molecule has 1 atom stereocenters. The van der Waals surface area contributed by atoms with Crippen LogP contribution in [0, 0.1) is 6.92 Å². The van der Waals surface area contributed by atoms with Crippen molar-refractivity contribution >= 4 is 0 Å². The van der Waals surface area contributed by atoms with E-state index in [1.807, 2.05) is 13.0 Å². The van der Waals surface area contributed by atoms with E-state index in [9.17, 15) is 0 Å². The molecule has 0 N–H and O–H groups in total. The molecule has 3 aromatic rings. The van der Waals surface area contributed by atoms with Gasteiger partial charge < -0.3 is 9.15 Å². The lowest BCUT2D eigenvalue weighted by Gasteiger charge is -2.31. The van der Waals surface area contributed by atoms with Crippen LogP contribution in [0.15, 0.2) is 59.0 Å². The molecule has 1 unspecified atom stereocenters. The Morgan fingerprint density at radius 3 is 2.48 bits per heavy atom. The SMILES string of the molecule is COC1CCCN(Cc2nc(-c3ccc(-c4ccccc4)cc3)oc2C)C1. The lowest BCUT2D eigenvalue weighted by molar-refractivity contribution is 0.0280. The predicted molar refractivity (Wildman–Crippen MR) is 107 cm³/mol. The molecule has 1 aromatic heterocycles. The van der Waals surface area contributed by atoms with Crippen molar-refractivity contribution in [2.75, 3.05) is 20.2 Å². The average molecular weight is 362 g/mol. The first-order chi connectivity index (χ1) is 13.2. The molecule has 1 aliphatic heterocycles. The summed E-state index contributed by atoms with van der Waals surface area (Å²) in [6.07, 6.45) is 2.64. The smallest absolute Gasteiger partial charge is 0.226 e. The summed E-state index contributed by atoms with van der Waals surface area (Å²) in [6.45, 7) is 4.87. The molecule has 27 heavy (non-hydrogen) atoms. The Balaban J connectivity index is 1.49. The highest BCUT2D eigenvalue weighted by Crippen LogP contribution is 2.26. The Hall–Kier alpha value is -2.43.